The van der Waals surface area contributed by atoms with E-state index in [9.17, 15) is 4.79 Å². The fourth-order valence-electron chi connectivity index (χ4n) is 1.75. The van der Waals surface area contributed by atoms with E-state index >= 15 is 0 Å². The second kappa shape index (κ2) is 4.72. The van der Waals surface area contributed by atoms with Gasteiger partial charge in [0.05, 0.1) is 6.54 Å². The van der Waals surface area contributed by atoms with Crippen molar-refractivity contribution in [1.82, 2.24) is 9.80 Å². The summed E-state index contributed by atoms with van der Waals surface area (Å²) in [5, 5.41) is 0. The molecule has 0 aliphatic carbocycles. The molecule has 1 rings (SSSR count). The van der Waals surface area contributed by atoms with Crippen LogP contribution >= 0.6 is 0 Å². The van der Waals surface area contributed by atoms with Gasteiger partial charge in [-0.2, -0.15) is 0 Å². The molecule has 1 atom stereocenters. The molecule has 0 bridgehead atoms. The zero-order valence-electron chi connectivity index (χ0n) is 8.92. The minimum absolute atomic E-state index is 0.358. The summed E-state index contributed by atoms with van der Waals surface area (Å²) in [6, 6.07) is 0.522. The molecule has 3 nitrogen and oxygen atoms in total. The second-order valence-electron chi connectivity index (χ2n) is 3.97. The molecule has 1 heterocycles. The average molecular weight is 184 g/mol. The van der Waals surface area contributed by atoms with Crippen LogP contribution in [0.25, 0.3) is 0 Å². The summed E-state index contributed by atoms with van der Waals surface area (Å²) in [5.41, 5.74) is 0. The molecule has 1 aliphatic heterocycles. The lowest BCUT2D eigenvalue weighted by atomic mass is 10.1. The Morgan fingerprint density at radius 2 is 2.15 bits per heavy atom. The molecule has 13 heavy (non-hydrogen) atoms. The second-order valence-corrected chi connectivity index (χ2v) is 3.97. The van der Waals surface area contributed by atoms with Gasteiger partial charge in [-0.05, 0) is 14.0 Å². The van der Waals surface area contributed by atoms with Crippen molar-refractivity contribution in [2.45, 2.75) is 26.3 Å². The van der Waals surface area contributed by atoms with E-state index in [-0.39, 0.29) is 0 Å². The van der Waals surface area contributed by atoms with Crippen LogP contribution in [0.4, 0.5) is 0 Å². The Kier molecular flexibility index (Phi) is 3.88. The molecule has 1 fully saturated rings. The molecule has 0 aromatic rings. The zero-order chi connectivity index (χ0) is 9.84. The van der Waals surface area contributed by atoms with Crippen molar-refractivity contribution in [2.75, 3.05) is 33.2 Å². The van der Waals surface area contributed by atoms with Gasteiger partial charge in [0, 0.05) is 32.1 Å². The molecule has 0 aromatic carbocycles. The molecule has 1 saturated heterocycles. The first-order valence-electron chi connectivity index (χ1n) is 5.07. The monoisotopic (exact) mass is 184 g/mol. The van der Waals surface area contributed by atoms with Crippen molar-refractivity contribution in [3.8, 4) is 0 Å². The molecule has 76 valence electrons. The lowest BCUT2D eigenvalue weighted by molar-refractivity contribution is -0.120. The van der Waals surface area contributed by atoms with E-state index < -0.39 is 0 Å². The molecular weight excluding hydrogens is 164 g/mol. The molecule has 0 amide bonds. The molecule has 1 aliphatic rings. The van der Waals surface area contributed by atoms with E-state index in [4.69, 9.17) is 0 Å². The topological polar surface area (TPSA) is 23.6 Å². The molecule has 0 radical (unpaired) electrons. The third-order valence-electron chi connectivity index (χ3n) is 2.74. The minimum atomic E-state index is 0.358. The van der Waals surface area contributed by atoms with Crippen molar-refractivity contribution in [2.24, 2.45) is 0 Å². The maximum absolute atomic E-state index is 11.3. The van der Waals surface area contributed by atoms with E-state index in [0.717, 1.165) is 19.6 Å². The number of Topliss-reactive ketones (excluding diaryl/α,β-unsaturated/α-hetero) is 1. The third-order valence-corrected chi connectivity index (χ3v) is 2.74. The first-order valence-corrected chi connectivity index (χ1v) is 5.07. The zero-order valence-corrected chi connectivity index (χ0v) is 8.92. The number of nitrogens with zero attached hydrogens (tertiary/aromatic N) is 2. The van der Waals surface area contributed by atoms with Crippen molar-refractivity contribution >= 4 is 5.78 Å². The fraction of sp³-hybridized carbons (Fsp3) is 0.900. The highest BCUT2D eigenvalue weighted by Gasteiger charge is 2.22. The molecule has 0 N–H and O–H groups in total. The number of likely N-dealkylation sites (N-methyl/N-ethyl adjacent to an activating group) is 1. The third kappa shape index (κ3) is 3.08. The predicted octanol–water partition coefficient (Wildman–Crippen LogP) is 0.601. The summed E-state index contributed by atoms with van der Waals surface area (Å²) in [4.78, 5) is 15.9. The quantitative estimate of drug-likeness (QED) is 0.642. The van der Waals surface area contributed by atoms with Gasteiger partial charge in [0.1, 0.15) is 5.78 Å². The fourth-order valence-corrected chi connectivity index (χ4v) is 1.75. The van der Waals surface area contributed by atoms with Gasteiger partial charge in [0.2, 0.25) is 0 Å². The minimum Gasteiger partial charge on any atom is -0.304 e. The van der Waals surface area contributed by atoms with Crippen LogP contribution in [0.1, 0.15) is 20.3 Å². The lowest BCUT2D eigenvalue weighted by Gasteiger charge is -2.37. The van der Waals surface area contributed by atoms with Crippen LogP contribution in [0.15, 0.2) is 0 Å². The number of piperazine rings is 1. The lowest BCUT2D eigenvalue weighted by Crippen LogP contribution is -2.51. The first-order chi connectivity index (χ1) is 6.13. The van der Waals surface area contributed by atoms with E-state index in [0.29, 0.717) is 24.8 Å². The van der Waals surface area contributed by atoms with Crippen LogP contribution in [0, 0.1) is 0 Å². The van der Waals surface area contributed by atoms with Crippen molar-refractivity contribution in [1.29, 1.82) is 0 Å². The summed E-state index contributed by atoms with van der Waals surface area (Å²) >= 11 is 0. The van der Waals surface area contributed by atoms with Crippen LogP contribution < -0.4 is 0 Å². The highest BCUT2D eigenvalue weighted by molar-refractivity contribution is 5.80. The van der Waals surface area contributed by atoms with Crippen molar-refractivity contribution in [3.05, 3.63) is 0 Å². The normalized spacial score (nSPS) is 26.2. The van der Waals surface area contributed by atoms with Gasteiger partial charge in [-0.15, -0.1) is 0 Å². The summed E-state index contributed by atoms with van der Waals surface area (Å²) < 4.78 is 0. The Morgan fingerprint density at radius 3 is 2.69 bits per heavy atom. The van der Waals surface area contributed by atoms with E-state index in [1.54, 1.807) is 0 Å². The molecule has 0 saturated carbocycles. The van der Waals surface area contributed by atoms with E-state index in [1.165, 1.54) is 0 Å². The Labute approximate surface area is 80.7 Å². The van der Waals surface area contributed by atoms with Gasteiger partial charge in [-0.25, -0.2) is 0 Å². The van der Waals surface area contributed by atoms with Crippen LogP contribution in [0.3, 0.4) is 0 Å². The van der Waals surface area contributed by atoms with E-state index in [2.05, 4.69) is 23.8 Å². The number of ketones is 1. The number of carbonyl (C=O) groups is 1. The molecule has 0 aromatic heterocycles. The molecular formula is C10H20N2O. The summed E-state index contributed by atoms with van der Waals surface area (Å²) in [5.74, 6) is 0.358. The number of hydrogen-bond donors (Lipinski definition) is 0. The standard InChI is InChI=1S/C10H20N2O/c1-4-10(13)8-12-6-5-11(3)7-9(12)2/h9H,4-8H2,1-3H3. The van der Waals surface area contributed by atoms with Crippen LogP contribution in [0.5, 0.6) is 0 Å². The number of rotatable bonds is 3. The molecule has 3 heteroatoms. The number of hydrogen-bond acceptors (Lipinski definition) is 3. The van der Waals surface area contributed by atoms with Crippen LogP contribution in [0.2, 0.25) is 0 Å². The van der Waals surface area contributed by atoms with Crippen LogP contribution in [-0.2, 0) is 4.79 Å². The Balaban J connectivity index is 2.38. The Hall–Kier alpha value is -0.410. The van der Waals surface area contributed by atoms with Crippen molar-refractivity contribution < 1.29 is 4.79 Å². The highest BCUT2D eigenvalue weighted by atomic mass is 16.1. The van der Waals surface area contributed by atoms with Gasteiger partial charge >= 0.3 is 0 Å². The SMILES string of the molecule is CCC(=O)CN1CCN(C)CC1C. The number of carbonyl (C=O) groups excluding carboxylic acids is 1. The van der Waals surface area contributed by atoms with Gasteiger partial charge in [-0.1, -0.05) is 6.92 Å². The van der Waals surface area contributed by atoms with Gasteiger partial charge < -0.3 is 4.90 Å². The predicted molar refractivity (Wildman–Crippen MR) is 53.8 cm³/mol. The smallest absolute Gasteiger partial charge is 0.146 e. The Bertz CT molecular complexity index is 182. The molecule has 1 unspecified atom stereocenters. The molecule has 0 spiro atoms. The van der Waals surface area contributed by atoms with Crippen molar-refractivity contribution in [3.63, 3.8) is 0 Å². The van der Waals surface area contributed by atoms with Crippen LogP contribution in [-0.4, -0.2) is 54.9 Å². The first kappa shape index (κ1) is 10.7. The van der Waals surface area contributed by atoms with Gasteiger partial charge in [0.25, 0.3) is 0 Å². The largest absolute Gasteiger partial charge is 0.304 e. The average Bonchev–Trinajstić information content (AvgIpc) is 2.09. The highest BCUT2D eigenvalue weighted by Crippen LogP contribution is 2.07. The maximum Gasteiger partial charge on any atom is 0.146 e. The maximum atomic E-state index is 11.3. The Morgan fingerprint density at radius 1 is 1.46 bits per heavy atom. The summed E-state index contributed by atoms with van der Waals surface area (Å²) in [7, 11) is 2.13. The van der Waals surface area contributed by atoms with Gasteiger partial charge in [0.15, 0.2) is 0 Å². The summed E-state index contributed by atoms with van der Waals surface area (Å²) in [6.07, 6.45) is 0.666. The van der Waals surface area contributed by atoms with Gasteiger partial charge in [-0.3, -0.25) is 9.69 Å². The summed E-state index contributed by atoms with van der Waals surface area (Å²) in [6.45, 7) is 7.97. The van der Waals surface area contributed by atoms with E-state index in [1.807, 2.05) is 6.92 Å².